The van der Waals surface area contributed by atoms with Gasteiger partial charge in [-0.15, -0.1) is 11.3 Å². The minimum Gasteiger partial charge on any atom is -0.398 e. The van der Waals surface area contributed by atoms with Crippen molar-refractivity contribution in [3.05, 3.63) is 41.3 Å². The van der Waals surface area contributed by atoms with Gasteiger partial charge in [0.2, 0.25) is 0 Å². The minimum absolute atomic E-state index is 0.0437. The third-order valence-electron chi connectivity index (χ3n) is 4.55. The van der Waals surface area contributed by atoms with Crippen molar-refractivity contribution in [3.8, 4) is 0 Å². The van der Waals surface area contributed by atoms with E-state index in [1.807, 2.05) is 36.4 Å². The van der Waals surface area contributed by atoms with Gasteiger partial charge in [-0.25, -0.2) is 0 Å². The van der Waals surface area contributed by atoms with Crippen LogP contribution in [0.2, 0.25) is 0 Å². The molecule has 2 fully saturated rings. The Morgan fingerprint density at radius 1 is 1.26 bits per heavy atom. The van der Waals surface area contributed by atoms with E-state index in [-0.39, 0.29) is 11.9 Å². The molecule has 2 aliphatic rings. The van der Waals surface area contributed by atoms with E-state index in [9.17, 15) is 4.79 Å². The molecule has 6 heteroatoms. The number of amides is 1. The van der Waals surface area contributed by atoms with E-state index < -0.39 is 0 Å². The summed E-state index contributed by atoms with van der Waals surface area (Å²) in [6.45, 7) is 0. The van der Waals surface area contributed by atoms with Gasteiger partial charge in [0.25, 0.3) is 5.91 Å². The number of fused-ring (bicyclic) bond motifs is 2. The second-order valence-corrected chi connectivity index (χ2v) is 8.55. The highest BCUT2D eigenvalue weighted by atomic mass is 32.2. The first-order valence-electron chi connectivity index (χ1n) is 7.88. The first-order valence-corrected chi connectivity index (χ1v) is 9.51. The molecule has 0 saturated carbocycles. The molecule has 0 radical (unpaired) electrons. The smallest absolute Gasteiger partial charge is 0.261 e. The van der Waals surface area contributed by atoms with Gasteiger partial charge in [-0.2, -0.15) is 0 Å². The highest BCUT2D eigenvalue weighted by molar-refractivity contribution is 8.01. The van der Waals surface area contributed by atoms with Crippen LogP contribution < -0.4 is 16.4 Å². The van der Waals surface area contributed by atoms with E-state index in [0.717, 1.165) is 26.1 Å². The quantitative estimate of drug-likeness (QED) is 0.745. The molecule has 4 nitrogen and oxygen atoms in total. The molecular formula is C17H19N3OS2. The molecule has 1 aromatic heterocycles. The molecule has 2 saturated heterocycles. The van der Waals surface area contributed by atoms with Crippen LogP contribution in [0.3, 0.4) is 0 Å². The molecular weight excluding hydrogens is 326 g/mol. The fourth-order valence-electron chi connectivity index (χ4n) is 3.40. The van der Waals surface area contributed by atoms with Gasteiger partial charge in [0.05, 0.1) is 9.09 Å². The number of hydrogen-bond donors (Lipinski definition) is 3. The van der Waals surface area contributed by atoms with Gasteiger partial charge in [-0.3, -0.25) is 4.79 Å². The number of para-hydroxylation sites is 1. The SMILES string of the molecule is Nc1ccccc1Sc1ccc(C(=O)NC2CC3CCC2N3)s1. The lowest BCUT2D eigenvalue weighted by Crippen LogP contribution is -2.42. The predicted molar refractivity (Wildman–Crippen MR) is 95.1 cm³/mol. The summed E-state index contributed by atoms with van der Waals surface area (Å²) in [6.07, 6.45) is 3.48. The number of anilines is 1. The van der Waals surface area contributed by atoms with Gasteiger partial charge < -0.3 is 16.4 Å². The van der Waals surface area contributed by atoms with Crippen LogP contribution in [-0.2, 0) is 0 Å². The Labute approximate surface area is 143 Å². The summed E-state index contributed by atoms with van der Waals surface area (Å²) in [4.78, 5) is 14.2. The fourth-order valence-corrected chi connectivity index (χ4v) is 5.43. The van der Waals surface area contributed by atoms with E-state index in [2.05, 4.69) is 10.6 Å². The average molecular weight is 345 g/mol. The second-order valence-electron chi connectivity index (χ2n) is 6.12. The number of thiophene rings is 1. The molecule has 3 unspecified atom stereocenters. The molecule has 120 valence electrons. The van der Waals surface area contributed by atoms with Crippen LogP contribution in [0, 0.1) is 0 Å². The van der Waals surface area contributed by atoms with Crippen molar-refractivity contribution in [2.75, 3.05) is 5.73 Å². The summed E-state index contributed by atoms with van der Waals surface area (Å²) >= 11 is 3.13. The Morgan fingerprint density at radius 3 is 2.87 bits per heavy atom. The van der Waals surface area contributed by atoms with Crippen LogP contribution in [0.1, 0.15) is 28.9 Å². The number of rotatable bonds is 4. The lowest BCUT2D eigenvalue weighted by atomic mass is 9.95. The van der Waals surface area contributed by atoms with Crippen molar-refractivity contribution in [1.29, 1.82) is 0 Å². The molecule has 0 aliphatic carbocycles. The predicted octanol–water partition coefficient (Wildman–Crippen LogP) is 3.10. The summed E-state index contributed by atoms with van der Waals surface area (Å²) in [6, 6.07) is 13.0. The van der Waals surface area contributed by atoms with Crippen LogP contribution in [-0.4, -0.2) is 24.0 Å². The zero-order valence-electron chi connectivity index (χ0n) is 12.6. The Balaban J connectivity index is 1.41. The van der Waals surface area contributed by atoms with Crippen molar-refractivity contribution >= 4 is 34.7 Å². The maximum atomic E-state index is 12.4. The molecule has 3 atom stereocenters. The molecule has 3 heterocycles. The zero-order valence-corrected chi connectivity index (χ0v) is 14.3. The van der Waals surface area contributed by atoms with Gasteiger partial charge >= 0.3 is 0 Å². The fraction of sp³-hybridized carbons (Fsp3) is 0.353. The third kappa shape index (κ3) is 3.11. The van der Waals surface area contributed by atoms with Gasteiger partial charge in [0.15, 0.2) is 0 Å². The Hall–Kier alpha value is -1.50. The summed E-state index contributed by atoms with van der Waals surface area (Å²) < 4.78 is 1.08. The average Bonchev–Trinajstić information content (AvgIpc) is 3.26. The number of nitrogens with two attached hydrogens (primary N) is 1. The van der Waals surface area contributed by atoms with Crippen molar-refractivity contribution < 1.29 is 4.79 Å². The van der Waals surface area contributed by atoms with Gasteiger partial charge in [-0.05, 0) is 43.5 Å². The highest BCUT2D eigenvalue weighted by Crippen LogP contribution is 2.36. The van der Waals surface area contributed by atoms with E-state index in [0.29, 0.717) is 12.1 Å². The molecule has 2 aliphatic heterocycles. The zero-order chi connectivity index (χ0) is 15.8. The van der Waals surface area contributed by atoms with Crippen LogP contribution in [0.15, 0.2) is 45.5 Å². The van der Waals surface area contributed by atoms with E-state index in [1.54, 1.807) is 11.8 Å². The number of carbonyl (C=O) groups excluding carboxylic acids is 1. The summed E-state index contributed by atoms with van der Waals surface area (Å²) in [5.41, 5.74) is 6.74. The molecule has 4 rings (SSSR count). The van der Waals surface area contributed by atoms with E-state index >= 15 is 0 Å². The monoisotopic (exact) mass is 345 g/mol. The largest absolute Gasteiger partial charge is 0.398 e. The number of carbonyl (C=O) groups is 1. The van der Waals surface area contributed by atoms with Crippen molar-refractivity contribution in [1.82, 2.24) is 10.6 Å². The summed E-state index contributed by atoms with van der Waals surface area (Å²) in [5.74, 6) is 0.0437. The van der Waals surface area contributed by atoms with Crippen molar-refractivity contribution in [2.45, 2.75) is 46.5 Å². The standard InChI is InChI=1S/C17H19N3OS2/c18-11-3-1-2-4-14(11)22-16-8-7-15(23-16)17(21)20-13-9-10-5-6-12(13)19-10/h1-4,7-8,10,12-13,19H,5-6,9,18H2,(H,20,21). The second kappa shape index (κ2) is 6.19. The molecule has 1 amide bonds. The van der Waals surface area contributed by atoms with E-state index in [1.165, 1.54) is 24.2 Å². The van der Waals surface area contributed by atoms with Crippen LogP contribution in [0.5, 0.6) is 0 Å². The Bertz CT molecular complexity index is 730. The van der Waals surface area contributed by atoms with Crippen LogP contribution >= 0.6 is 23.1 Å². The minimum atomic E-state index is 0.0437. The Morgan fingerprint density at radius 2 is 2.13 bits per heavy atom. The lowest BCUT2D eigenvalue weighted by Gasteiger charge is -2.20. The first kappa shape index (κ1) is 15.1. The number of benzene rings is 1. The highest BCUT2D eigenvalue weighted by Gasteiger charge is 2.39. The number of nitrogen functional groups attached to an aromatic ring is 1. The third-order valence-corrected chi connectivity index (χ3v) is 6.86. The molecule has 4 N–H and O–H groups in total. The van der Waals surface area contributed by atoms with Gasteiger partial charge in [0, 0.05) is 28.7 Å². The summed E-state index contributed by atoms with van der Waals surface area (Å²) in [5, 5.41) is 6.74. The van der Waals surface area contributed by atoms with Crippen LogP contribution in [0.25, 0.3) is 0 Å². The number of hydrogen-bond acceptors (Lipinski definition) is 5. The normalized spacial score (nSPS) is 25.7. The van der Waals surface area contributed by atoms with Gasteiger partial charge in [-0.1, -0.05) is 23.9 Å². The molecule has 2 aromatic rings. The lowest BCUT2D eigenvalue weighted by molar-refractivity contribution is 0.0935. The maximum absolute atomic E-state index is 12.4. The molecule has 0 spiro atoms. The van der Waals surface area contributed by atoms with Crippen molar-refractivity contribution in [3.63, 3.8) is 0 Å². The van der Waals surface area contributed by atoms with Crippen molar-refractivity contribution in [2.24, 2.45) is 0 Å². The first-order chi connectivity index (χ1) is 11.2. The van der Waals surface area contributed by atoms with E-state index in [4.69, 9.17) is 5.73 Å². The number of nitrogens with one attached hydrogen (secondary N) is 2. The Kier molecular flexibility index (Phi) is 4.05. The summed E-state index contributed by atoms with van der Waals surface area (Å²) in [7, 11) is 0. The molecule has 2 bridgehead atoms. The van der Waals surface area contributed by atoms with Gasteiger partial charge in [0.1, 0.15) is 0 Å². The molecule has 1 aromatic carbocycles. The maximum Gasteiger partial charge on any atom is 0.261 e. The topological polar surface area (TPSA) is 67.2 Å². The van der Waals surface area contributed by atoms with Crippen LogP contribution in [0.4, 0.5) is 5.69 Å². The molecule has 23 heavy (non-hydrogen) atoms.